The van der Waals surface area contributed by atoms with Crippen LogP contribution in [0.3, 0.4) is 0 Å². The van der Waals surface area contributed by atoms with Crippen LogP contribution in [-0.2, 0) is 4.79 Å². The first-order valence-corrected chi connectivity index (χ1v) is 6.99. The molecule has 1 heterocycles. The number of rotatable bonds is 5. The van der Waals surface area contributed by atoms with E-state index in [4.69, 9.17) is 0 Å². The predicted octanol–water partition coefficient (Wildman–Crippen LogP) is 2.78. The molecule has 1 atom stereocenters. The van der Waals surface area contributed by atoms with Crippen LogP contribution in [0.4, 0.5) is 0 Å². The third kappa shape index (κ3) is 3.71. The van der Waals surface area contributed by atoms with Crippen molar-refractivity contribution in [2.75, 3.05) is 12.3 Å². The van der Waals surface area contributed by atoms with E-state index in [-0.39, 0.29) is 5.25 Å². The van der Waals surface area contributed by atoms with E-state index in [1.54, 1.807) is 0 Å². The highest BCUT2D eigenvalue weighted by Crippen LogP contribution is 2.26. The molecule has 15 heavy (non-hydrogen) atoms. The molecule has 3 heteroatoms. The molecule has 0 bridgehead atoms. The van der Waals surface area contributed by atoms with Gasteiger partial charge in [-0.05, 0) is 38.4 Å². The number of hydrogen-bond acceptors (Lipinski definition) is 2. The second kappa shape index (κ2) is 5.78. The van der Waals surface area contributed by atoms with Crippen molar-refractivity contribution in [1.82, 2.24) is 4.90 Å². The Bertz CT molecular complexity index is 216. The van der Waals surface area contributed by atoms with Gasteiger partial charge >= 0.3 is 0 Å². The minimum atomic E-state index is 0.242. The summed E-state index contributed by atoms with van der Waals surface area (Å²) in [4.78, 5) is 13.9. The van der Waals surface area contributed by atoms with Crippen LogP contribution >= 0.6 is 11.8 Å². The van der Waals surface area contributed by atoms with Crippen molar-refractivity contribution in [1.29, 1.82) is 0 Å². The van der Waals surface area contributed by atoms with Crippen molar-refractivity contribution in [2.45, 2.75) is 51.8 Å². The van der Waals surface area contributed by atoms with Gasteiger partial charge in [0, 0.05) is 12.6 Å². The lowest BCUT2D eigenvalue weighted by Gasteiger charge is -2.20. The first-order chi connectivity index (χ1) is 7.02. The lowest BCUT2D eigenvalue weighted by molar-refractivity contribution is -0.128. The molecule has 0 aromatic heterocycles. The van der Waals surface area contributed by atoms with Crippen LogP contribution in [0.1, 0.15) is 40.5 Å². The van der Waals surface area contributed by atoms with Crippen LogP contribution < -0.4 is 0 Å². The SMILES string of the molecule is CC(C)CCSC1CCN(C(C)C)C1=O. The van der Waals surface area contributed by atoms with E-state index < -0.39 is 0 Å². The van der Waals surface area contributed by atoms with Crippen LogP contribution in [0.5, 0.6) is 0 Å². The van der Waals surface area contributed by atoms with Crippen molar-refractivity contribution < 1.29 is 4.79 Å². The molecule has 0 radical (unpaired) electrons. The Kier molecular flexibility index (Phi) is 4.97. The van der Waals surface area contributed by atoms with Gasteiger partial charge < -0.3 is 4.90 Å². The van der Waals surface area contributed by atoms with Gasteiger partial charge in [0.25, 0.3) is 0 Å². The Labute approximate surface area is 97.8 Å². The van der Waals surface area contributed by atoms with Crippen molar-refractivity contribution in [3.8, 4) is 0 Å². The molecule has 0 saturated carbocycles. The van der Waals surface area contributed by atoms with Crippen molar-refractivity contribution in [2.24, 2.45) is 5.92 Å². The maximum atomic E-state index is 11.9. The Morgan fingerprint density at radius 3 is 2.53 bits per heavy atom. The van der Waals surface area contributed by atoms with Gasteiger partial charge in [-0.25, -0.2) is 0 Å². The van der Waals surface area contributed by atoms with E-state index >= 15 is 0 Å². The molecule has 1 fully saturated rings. The molecule has 1 rings (SSSR count). The van der Waals surface area contributed by atoms with E-state index in [0.29, 0.717) is 11.9 Å². The van der Waals surface area contributed by atoms with E-state index in [1.807, 2.05) is 16.7 Å². The largest absolute Gasteiger partial charge is 0.339 e. The van der Waals surface area contributed by atoms with Gasteiger partial charge in [0.2, 0.25) is 5.91 Å². The highest BCUT2D eigenvalue weighted by molar-refractivity contribution is 8.00. The third-order valence-corrected chi connectivity index (χ3v) is 4.14. The van der Waals surface area contributed by atoms with Gasteiger partial charge in [-0.15, -0.1) is 11.8 Å². The fourth-order valence-corrected chi connectivity index (χ4v) is 3.23. The molecule has 0 aromatic carbocycles. The van der Waals surface area contributed by atoms with E-state index in [2.05, 4.69) is 27.7 Å². The standard InChI is InChI=1S/C12H23NOS/c1-9(2)6-8-15-11-5-7-13(10(3)4)12(11)14/h9-11H,5-8H2,1-4H3. The molecule has 0 aliphatic carbocycles. The molecule has 1 aliphatic rings. The molecule has 1 saturated heterocycles. The summed E-state index contributed by atoms with van der Waals surface area (Å²) in [6.07, 6.45) is 2.26. The van der Waals surface area contributed by atoms with Crippen LogP contribution in [0, 0.1) is 5.92 Å². The maximum Gasteiger partial charge on any atom is 0.235 e. The van der Waals surface area contributed by atoms with Crippen molar-refractivity contribution in [3.05, 3.63) is 0 Å². The Balaban J connectivity index is 2.30. The predicted molar refractivity (Wildman–Crippen MR) is 67.2 cm³/mol. The molecule has 88 valence electrons. The van der Waals surface area contributed by atoms with Crippen LogP contribution in [-0.4, -0.2) is 34.4 Å². The first kappa shape index (κ1) is 12.9. The average molecular weight is 229 g/mol. The molecule has 0 spiro atoms. The summed E-state index contributed by atoms with van der Waals surface area (Å²) >= 11 is 1.85. The minimum Gasteiger partial charge on any atom is -0.339 e. The summed E-state index contributed by atoms with van der Waals surface area (Å²) in [5, 5.41) is 0.242. The monoisotopic (exact) mass is 229 g/mol. The number of thioether (sulfide) groups is 1. The summed E-state index contributed by atoms with van der Waals surface area (Å²) < 4.78 is 0. The topological polar surface area (TPSA) is 20.3 Å². The second-order valence-electron chi connectivity index (χ2n) is 4.96. The van der Waals surface area contributed by atoms with Gasteiger partial charge in [0.1, 0.15) is 0 Å². The van der Waals surface area contributed by atoms with E-state index in [0.717, 1.165) is 24.6 Å². The average Bonchev–Trinajstić information content (AvgIpc) is 2.47. The minimum absolute atomic E-state index is 0.242. The van der Waals surface area contributed by atoms with Crippen molar-refractivity contribution >= 4 is 17.7 Å². The number of carbonyl (C=O) groups excluding carboxylic acids is 1. The van der Waals surface area contributed by atoms with E-state index in [9.17, 15) is 4.79 Å². The molecular weight excluding hydrogens is 206 g/mol. The Morgan fingerprint density at radius 1 is 1.40 bits per heavy atom. The van der Waals surface area contributed by atoms with Gasteiger partial charge in [0.15, 0.2) is 0 Å². The lowest BCUT2D eigenvalue weighted by atomic mass is 10.2. The lowest BCUT2D eigenvalue weighted by Crippen LogP contribution is -2.34. The fourth-order valence-electron chi connectivity index (χ4n) is 1.79. The zero-order valence-corrected chi connectivity index (χ0v) is 11.1. The van der Waals surface area contributed by atoms with Gasteiger partial charge in [-0.3, -0.25) is 4.79 Å². The van der Waals surface area contributed by atoms with Gasteiger partial charge in [-0.1, -0.05) is 13.8 Å². The number of nitrogens with zero attached hydrogens (tertiary/aromatic N) is 1. The number of hydrogen-bond donors (Lipinski definition) is 0. The summed E-state index contributed by atoms with van der Waals surface area (Å²) in [7, 11) is 0. The van der Waals surface area contributed by atoms with Crippen molar-refractivity contribution in [3.63, 3.8) is 0 Å². The summed E-state index contributed by atoms with van der Waals surface area (Å²) in [6, 6.07) is 0.369. The highest BCUT2D eigenvalue weighted by atomic mass is 32.2. The van der Waals surface area contributed by atoms with Gasteiger partial charge in [-0.2, -0.15) is 0 Å². The fraction of sp³-hybridized carbons (Fsp3) is 0.917. The summed E-state index contributed by atoms with van der Waals surface area (Å²) in [6.45, 7) is 9.61. The highest BCUT2D eigenvalue weighted by Gasteiger charge is 2.32. The zero-order valence-electron chi connectivity index (χ0n) is 10.3. The molecule has 1 amide bonds. The smallest absolute Gasteiger partial charge is 0.235 e. The summed E-state index contributed by atoms with van der Waals surface area (Å²) in [5.74, 6) is 2.23. The quantitative estimate of drug-likeness (QED) is 0.722. The molecule has 1 unspecified atom stereocenters. The van der Waals surface area contributed by atoms with E-state index in [1.165, 1.54) is 6.42 Å². The first-order valence-electron chi connectivity index (χ1n) is 5.94. The number of likely N-dealkylation sites (tertiary alicyclic amines) is 1. The molecule has 0 N–H and O–H groups in total. The summed E-state index contributed by atoms with van der Waals surface area (Å²) in [5.41, 5.74) is 0. The molecular formula is C12H23NOS. The van der Waals surface area contributed by atoms with Gasteiger partial charge in [0.05, 0.1) is 5.25 Å². The van der Waals surface area contributed by atoms with Crippen LogP contribution in [0.25, 0.3) is 0 Å². The van der Waals surface area contributed by atoms with Crippen LogP contribution in [0.2, 0.25) is 0 Å². The second-order valence-corrected chi connectivity index (χ2v) is 6.27. The molecule has 0 aromatic rings. The normalized spacial score (nSPS) is 22.1. The zero-order chi connectivity index (χ0) is 11.4. The number of amides is 1. The third-order valence-electron chi connectivity index (χ3n) is 2.83. The Hall–Kier alpha value is -0.180. The molecule has 1 aliphatic heterocycles. The Morgan fingerprint density at radius 2 is 2.07 bits per heavy atom. The maximum absolute atomic E-state index is 11.9. The number of carbonyl (C=O) groups is 1. The molecule has 2 nitrogen and oxygen atoms in total. The van der Waals surface area contributed by atoms with Crippen LogP contribution in [0.15, 0.2) is 0 Å².